The maximum Gasteiger partial charge on any atom is 0.317 e. The fourth-order valence-corrected chi connectivity index (χ4v) is 6.00. The zero-order valence-electron chi connectivity index (χ0n) is 22.4. The number of hydrogen-bond donors (Lipinski definition) is 1. The van der Waals surface area contributed by atoms with Crippen molar-refractivity contribution >= 4 is 22.0 Å². The number of sulfonamides is 1. The van der Waals surface area contributed by atoms with Crippen molar-refractivity contribution in [3.8, 4) is 0 Å². The number of rotatable bonds is 9. The first-order chi connectivity index (χ1) is 17.5. The van der Waals surface area contributed by atoms with Crippen LogP contribution in [0.5, 0.6) is 0 Å². The van der Waals surface area contributed by atoms with E-state index in [4.69, 9.17) is 0 Å². The van der Waals surface area contributed by atoms with Gasteiger partial charge in [0.15, 0.2) is 0 Å². The molecule has 37 heavy (non-hydrogen) atoms. The summed E-state index contributed by atoms with van der Waals surface area (Å²) in [5, 5.41) is 3.00. The fourth-order valence-electron chi connectivity index (χ4n) is 4.50. The molecule has 3 amide bonds. The first-order valence-electron chi connectivity index (χ1n) is 13.0. The van der Waals surface area contributed by atoms with Crippen molar-refractivity contribution in [3.05, 3.63) is 66.2 Å². The van der Waals surface area contributed by atoms with E-state index in [1.165, 1.54) is 4.31 Å². The van der Waals surface area contributed by atoms with Gasteiger partial charge in [-0.15, -0.1) is 0 Å². The predicted molar refractivity (Wildman–Crippen MR) is 145 cm³/mol. The molecule has 1 aliphatic heterocycles. The zero-order chi connectivity index (χ0) is 27.1. The van der Waals surface area contributed by atoms with E-state index >= 15 is 0 Å². The summed E-state index contributed by atoms with van der Waals surface area (Å²) in [6, 6.07) is 17.8. The van der Waals surface area contributed by atoms with Gasteiger partial charge in [0.05, 0.1) is 11.4 Å². The molecule has 0 saturated carbocycles. The number of nitrogens with zero attached hydrogens (tertiary/aromatic N) is 3. The van der Waals surface area contributed by atoms with Gasteiger partial charge in [0.25, 0.3) is 0 Å². The van der Waals surface area contributed by atoms with Gasteiger partial charge in [0.2, 0.25) is 15.9 Å². The summed E-state index contributed by atoms with van der Waals surface area (Å²) in [5.41, 5.74) is 0.660. The van der Waals surface area contributed by atoms with E-state index in [-0.39, 0.29) is 41.5 Å². The summed E-state index contributed by atoms with van der Waals surface area (Å²) in [7, 11) is -3.81. The van der Waals surface area contributed by atoms with Crippen LogP contribution in [0, 0.1) is 0 Å². The van der Waals surface area contributed by atoms with E-state index in [0.29, 0.717) is 38.9 Å². The van der Waals surface area contributed by atoms with E-state index in [1.54, 1.807) is 40.1 Å². The molecule has 0 bridgehead atoms. The van der Waals surface area contributed by atoms with Gasteiger partial charge in [-0.3, -0.25) is 4.79 Å². The molecule has 0 aliphatic carbocycles. The van der Waals surface area contributed by atoms with Crippen LogP contribution in [0.15, 0.2) is 65.6 Å². The van der Waals surface area contributed by atoms with Gasteiger partial charge in [0.1, 0.15) is 0 Å². The van der Waals surface area contributed by atoms with Crippen LogP contribution in [0.4, 0.5) is 4.79 Å². The van der Waals surface area contributed by atoms with Crippen molar-refractivity contribution in [2.45, 2.75) is 70.0 Å². The quantitative estimate of drug-likeness (QED) is 0.531. The first-order valence-corrected chi connectivity index (χ1v) is 14.4. The highest BCUT2D eigenvalue weighted by atomic mass is 32.2. The average molecular weight is 529 g/mol. The zero-order valence-corrected chi connectivity index (χ0v) is 23.2. The van der Waals surface area contributed by atoms with Gasteiger partial charge >= 0.3 is 6.03 Å². The predicted octanol–water partition coefficient (Wildman–Crippen LogP) is 4.09. The number of benzene rings is 2. The summed E-state index contributed by atoms with van der Waals surface area (Å²) in [4.78, 5) is 30.2. The standard InChI is InChI=1S/C28H40N4O4S/c1-5-18-31(37(35,36)25-14-10-7-11-15-25)22-26(33)32(21-23-12-8-6-9-13-23)24-16-19-30(20-17-24)27(34)29-28(2,3)4/h6-15,24H,5,16-22H2,1-4H3,(H,29,34). The van der Waals surface area contributed by atoms with Crippen LogP contribution in [0.1, 0.15) is 52.5 Å². The maximum absolute atomic E-state index is 13.7. The van der Waals surface area contributed by atoms with Crippen molar-refractivity contribution in [1.29, 1.82) is 0 Å². The monoisotopic (exact) mass is 528 g/mol. The van der Waals surface area contributed by atoms with Crippen LogP contribution in [0.3, 0.4) is 0 Å². The third-order valence-corrected chi connectivity index (χ3v) is 8.22. The fraction of sp³-hybridized carbons (Fsp3) is 0.500. The molecule has 0 unspecified atom stereocenters. The summed E-state index contributed by atoms with van der Waals surface area (Å²) in [5.74, 6) is -0.227. The number of piperidine rings is 1. The molecule has 1 fully saturated rings. The molecule has 0 atom stereocenters. The highest BCUT2D eigenvalue weighted by molar-refractivity contribution is 7.89. The van der Waals surface area contributed by atoms with E-state index in [9.17, 15) is 18.0 Å². The van der Waals surface area contributed by atoms with E-state index in [1.807, 2.05) is 58.0 Å². The molecule has 1 heterocycles. The Labute approximate surface area is 221 Å². The third kappa shape index (κ3) is 8.04. The van der Waals surface area contributed by atoms with Crippen molar-refractivity contribution in [2.75, 3.05) is 26.2 Å². The Morgan fingerprint density at radius 3 is 2.08 bits per heavy atom. The second-order valence-corrected chi connectivity index (χ2v) is 12.5. The molecule has 1 saturated heterocycles. The van der Waals surface area contributed by atoms with Crippen LogP contribution >= 0.6 is 0 Å². The number of hydrogen-bond acceptors (Lipinski definition) is 4. The Bertz CT molecular complexity index is 1130. The maximum atomic E-state index is 13.7. The summed E-state index contributed by atoms with van der Waals surface area (Å²) < 4.78 is 28.0. The van der Waals surface area contributed by atoms with Gasteiger partial charge in [0, 0.05) is 37.8 Å². The lowest BCUT2D eigenvalue weighted by atomic mass is 10.0. The molecule has 3 rings (SSSR count). The molecule has 1 N–H and O–H groups in total. The van der Waals surface area contributed by atoms with Crippen LogP contribution in [-0.2, 0) is 21.4 Å². The second-order valence-electron chi connectivity index (χ2n) is 10.6. The van der Waals surface area contributed by atoms with Crippen molar-refractivity contribution in [2.24, 2.45) is 0 Å². The number of nitrogens with one attached hydrogen (secondary N) is 1. The van der Waals surface area contributed by atoms with Gasteiger partial charge in [-0.2, -0.15) is 4.31 Å². The summed E-state index contributed by atoms with van der Waals surface area (Å²) >= 11 is 0. The Morgan fingerprint density at radius 1 is 0.973 bits per heavy atom. The van der Waals surface area contributed by atoms with Gasteiger partial charge in [-0.25, -0.2) is 13.2 Å². The second kappa shape index (κ2) is 12.6. The molecule has 1 aliphatic rings. The molecule has 8 nitrogen and oxygen atoms in total. The lowest BCUT2D eigenvalue weighted by molar-refractivity contribution is -0.135. The van der Waals surface area contributed by atoms with E-state index < -0.39 is 10.0 Å². The van der Waals surface area contributed by atoms with Crippen LogP contribution < -0.4 is 5.32 Å². The van der Waals surface area contributed by atoms with Gasteiger partial charge in [-0.1, -0.05) is 55.5 Å². The average Bonchev–Trinajstić information content (AvgIpc) is 2.87. The molecule has 0 radical (unpaired) electrons. The number of likely N-dealkylation sites (tertiary alicyclic amines) is 1. The Balaban J connectivity index is 1.78. The number of urea groups is 1. The molecule has 9 heteroatoms. The lowest BCUT2D eigenvalue weighted by Gasteiger charge is -2.40. The molecule has 2 aromatic rings. The molecular formula is C28H40N4O4S. The lowest BCUT2D eigenvalue weighted by Crippen LogP contribution is -2.54. The molecule has 2 aromatic carbocycles. The number of carbonyl (C=O) groups is 2. The first kappa shape index (κ1) is 28.7. The summed E-state index contributed by atoms with van der Waals surface area (Å²) in [6.07, 6.45) is 1.87. The minimum atomic E-state index is -3.81. The van der Waals surface area contributed by atoms with Crippen LogP contribution in [-0.4, -0.2) is 72.2 Å². The minimum Gasteiger partial charge on any atom is -0.334 e. The van der Waals surface area contributed by atoms with Gasteiger partial charge in [-0.05, 0) is 57.7 Å². The molecule has 202 valence electrons. The van der Waals surface area contributed by atoms with E-state index in [0.717, 1.165) is 5.56 Å². The van der Waals surface area contributed by atoms with Crippen LogP contribution in [0.25, 0.3) is 0 Å². The van der Waals surface area contributed by atoms with Crippen molar-refractivity contribution in [3.63, 3.8) is 0 Å². The number of carbonyl (C=O) groups excluding carboxylic acids is 2. The Hall–Kier alpha value is -2.91. The number of amides is 3. The van der Waals surface area contributed by atoms with E-state index in [2.05, 4.69) is 5.32 Å². The molecule has 0 aromatic heterocycles. The highest BCUT2D eigenvalue weighted by Gasteiger charge is 2.33. The van der Waals surface area contributed by atoms with Gasteiger partial charge < -0.3 is 15.1 Å². The molecular weight excluding hydrogens is 488 g/mol. The largest absolute Gasteiger partial charge is 0.334 e. The van der Waals surface area contributed by atoms with Crippen LogP contribution in [0.2, 0.25) is 0 Å². The Morgan fingerprint density at radius 2 is 1.54 bits per heavy atom. The summed E-state index contributed by atoms with van der Waals surface area (Å²) in [6.45, 7) is 9.24. The Kier molecular flexibility index (Phi) is 9.73. The van der Waals surface area contributed by atoms with Crippen molar-refractivity contribution in [1.82, 2.24) is 19.4 Å². The normalized spacial score (nSPS) is 15.0. The topological polar surface area (TPSA) is 90.0 Å². The highest BCUT2D eigenvalue weighted by Crippen LogP contribution is 2.22. The third-order valence-electron chi connectivity index (χ3n) is 6.36. The SMILES string of the molecule is CCCN(CC(=O)N(Cc1ccccc1)C1CCN(C(=O)NC(C)(C)C)CC1)S(=O)(=O)c1ccccc1. The molecule has 0 spiro atoms. The smallest absolute Gasteiger partial charge is 0.317 e. The van der Waals surface area contributed by atoms with Crippen molar-refractivity contribution < 1.29 is 18.0 Å². The minimum absolute atomic E-state index is 0.0886.